The highest BCUT2D eigenvalue weighted by atomic mass is 32.1. The highest BCUT2D eigenvalue weighted by Crippen LogP contribution is 2.26. The van der Waals surface area contributed by atoms with E-state index in [0.29, 0.717) is 17.3 Å². The van der Waals surface area contributed by atoms with E-state index in [1.165, 1.54) is 0 Å². The largest absolute Gasteiger partial charge is 0.334 e. The molecule has 0 aliphatic rings. The fourth-order valence-electron chi connectivity index (χ4n) is 1.82. The highest BCUT2D eigenvalue weighted by Gasteiger charge is 2.13. The van der Waals surface area contributed by atoms with Gasteiger partial charge in [-0.3, -0.25) is 0 Å². The maximum absolute atomic E-state index is 8.85. The number of nitriles is 1. The molecular formula is C14H9N3OS. The van der Waals surface area contributed by atoms with Gasteiger partial charge in [-0.05, 0) is 42.1 Å². The minimum atomic E-state index is 0.475. The summed E-state index contributed by atoms with van der Waals surface area (Å²) in [5.74, 6) is 1.06. The summed E-state index contributed by atoms with van der Waals surface area (Å²) < 4.78 is 5.29. The monoisotopic (exact) mass is 267 g/mol. The molecule has 2 heterocycles. The van der Waals surface area contributed by atoms with Gasteiger partial charge in [0.25, 0.3) is 5.89 Å². The Balaban J connectivity index is 2.02. The third-order valence-corrected chi connectivity index (χ3v) is 3.47. The SMILES string of the molecule is Cc1cc(C#N)ccc1-c1nc(-c2ccsc2)no1. The summed E-state index contributed by atoms with van der Waals surface area (Å²) in [6, 6.07) is 9.45. The standard InChI is InChI=1S/C14H9N3OS/c1-9-6-10(7-15)2-3-12(9)14-16-13(17-18-14)11-4-5-19-8-11/h2-6,8H,1H3. The molecule has 0 aliphatic heterocycles. The molecule has 0 unspecified atom stereocenters. The van der Waals surface area contributed by atoms with Gasteiger partial charge >= 0.3 is 0 Å². The summed E-state index contributed by atoms with van der Waals surface area (Å²) in [5.41, 5.74) is 3.37. The third-order valence-electron chi connectivity index (χ3n) is 2.79. The maximum atomic E-state index is 8.85. The molecule has 92 valence electrons. The van der Waals surface area contributed by atoms with Gasteiger partial charge in [0.1, 0.15) is 0 Å². The number of aryl methyl sites for hydroxylation is 1. The summed E-state index contributed by atoms with van der Waals surface area (Å²) in [6.07, 6.45) is 0. The van der Waals surface area contributed by atoms with Crippen LogP contribution < -0.4 is 0 Å². The Labute approximate surface area is 113 Å². The average Bonchev–Trinajstić information content (AvgIpc) is 3.09. The Morgan fingerprint density at radius 3 is 2.89 bits per heavy atom. The summed E-state index contributed by atoms with van der Waals surface area (Å²) in [4.78, 5) is 4.39. The minimum Gasteiger partial charge on any atom is -0.334 e. The van der Waals surface area contributed by atoms with Gasteiger partial charge in [-0.1, -0.05) is 5.16 Å². The van der Waals surface area contributed by atoms with Crippen LogP contribution in [0.5, 0.6) is 0 Å². The van der Waals surface area contributed by atoms with Crippen molar-refractivity contribution in [2.75, 3.05) is 0 Å². The molecule has 0 aliphatic carbocycles. The van der Waals surface area contributed by atoms with Gasteiger partial charge < -0.3 is 4.52 Å². The Morgan fingerprint density at radius 2 is 2.21 bits per heavy atom. The van der Waals surface area contributed by atoms with Crippen LogP contribution in [0.15, 0.2) is 39.5 Å². The number of benzene rings is 1. The van der Waals surface area contributed by atoms with Gasteiger partial charge in [0.05, 0.1) is 11.6 Å². The number of thiophene rings is 1. The van der Waals surface area contributed by atoms with Crippen LogP contribution in [0.25, 0.3) is 22.8 Å². The van der Waals surface area contributed by atoms with Crippen molar-refractivity contribution >= 4 is 11.3 Å². The molecule has 4 nitrogen and oxygen atoms in total. The first kappa shape index (κ1) is 11.6. The van der Waals surface area contributed by atoms with E-state index in [0.717, 1.165) is 16.7 Å². The van der Waals surface area contributed by atoms with Crippen LogP contribution in [0, 0.1) is 18.3 Å². The normalized spacial score (nSPS) is 10.3. The van der Waals surface area contributed by atoms with E-state index in [-0.39, 0.29) is 0 Å². The molecule has 0 atom stereocenters. The first-order valence-corrected chi connectivity index (χ1v) is 6.59. The van der Waals surface area contributed by atoms with Crippen LogP contribution in [0.3, 0.4) is 0 Å². The quantitative estimate of drug-likeness (QED) is 0.711. The van der Waals surface area contributed by atoms with E-state index in [1.54, 1.807) is 17.4 Å². The maximum Gasteiger partial charge on any atom is 0.258 e. The van der Waals surface area contributed by atoms with Crippen LogP contribution in [0.2, 0.25) is 0 Å². The second-order valence-corrected chi connectivity index (χ2v) is 4.86. The second-order valence-electron chi connectivity index (χ2n) is 4.08. The summed E-state index contributed by atoms with van der Waals surface area (Å²) in [7, 11) is 0. The molecule has 2 aromatic heterocycles. The fourth-order valence-corrected chi connectivity index (χ4v) is 2.45. The smallest absolute Gasteiger partial charge is 0.258 e. The number of aromatic nitrogens is 2. The zero-order valence-corrected chi connectivity index (χ0v) is 10.9. The van der Waals surface area contributed by atoms with Gasteiger partial charge in [-0.25, -0.2) is 0 Å². The molecule has 0 radical (unpaired) electrons. The molecule has 0 fully saturated rings. The van der Waals surface area contributed by atoms with Gasteiger partial charge in [0.2, 0.25) is 5.82 Å². The van der Waals surface area contributed by atoms with E-state index >= 15 is 0 Å². The van der Waals surface area contributed by atoms with Crippen molar-refractivity contribution in [2.24, 2.45) is 0 Å². The Kier molecular flexibility index (Phi) is 2.86. The molecule has 0 saturated carbocycles. The van der Waals surface area contributed by atoms with Crippen molar-refractivity contribution < 1.29 is 4.52 Å². The number of hydrogen-bond donors (Lipinski definition) is 0. The zero-order chi connectivity index (χ0) is 13.2. The van der Waals surface area contributed by atoms with Crippen LogP contribution in [0.4, 0.5) is 0 Å². The Hall–Kier alpha value is -2.45. The molecule has 0 N–H and O–H groups in total. The Bertz CT molecular complexity index is 753. The molecule has 0 saturated heterocycles. The van der Waals surface area contributed by atoms with E-state index in [9.17, 15) is 0 Å². The molecule has 1 aromatic carbocycles. The first-order chi connectivity index (χ1) is 9.28. The first-order valence-electron chi connectivity index (χ1n) is 5.65. The van der Waals surface area contributed by atoms with E-state index in [4.69, 9.17) is 9.78 Å². The fraction of sp³-hybridized carbons (Fsp3) is 0.0714. The Morgan fingerprint density at radius 1 is 1.32 bits per heavy atom. The van der Waals surface area contributed by atoms with Crippen molar-refractivity contribution in [1.29, 1.82) is 5.26 Å². The molecule has 0 amide bonds. The average molecular weight is 267 g/mol. The van der Waals surface area contributed by atoms with E-state index in [2.05, 4.69) is 16.2 Å². The van der Waals surface area contributed by atoms with Gasteiger partial charge in [0.15, 0.2) is 0 Å². The highest BCUT2D eigenvalue weighted by molar-refractivity contribution is 7.08. The molecule has 5 heteroatoms. The lowest BCUT2D eigenvalue weighted by Crippen LogP contribution is -1.85. The molecule has 0 bridgehead atoms. The number of hydrogen-bond acceptors (Lipinski definition) is 5. The molecular weight excluding hydrogens is 258 g/mol. The molecule has 0 spiro atoms. The van der Waals surface area contributed by atoms with E-state index in [1.807, 2.05) is 35.9 Å². The van der Waals surface area contributed by atoms with Gasteiger partial charge in [-0.2, -0.15) is 21.6 Å². The van der Waals surface area contributed by atoms with Crippen molar-refractivity contribution in [3.63, 3.8) is 0 Å². The third kappa shape index (κ3) is 2.14. The number of rotatable bonds is 2. The lowest BCUT2D eigenvalue weighted by atomic mass is 10.1. The van der Waals surface area contributed by atoms with Crippen LogP contribution >= 0.6 is 11.3 Å². The van der Waals surface area contributed by atoms with Crippen molar-refractivity contribution in [3.05, 3.63) is 46.2 Å². The predicted molar refractivity (Wildman–Crippen MR) is 72.5 cm³/mol. The summed E-state index contributed by atoms with van der Waals surface area (Å²) in [6.45, 7) is 1.92. The van der Waals surface area contributed by atoms with Crippen molar-refractivity contribution in [1.82, 2.24) is 10.1 Å². The molecule has 3 rings (SSSR count). The van der Waals surface area contributed by atoms with E-state index < -0.39 is 0 Å². The lowest BCUT2D eigenvalue weighted by Gasteiger charge is -1.99. The van der Waals surface area contributed by atoms with Crippen molar-refractivity contribution in [2.45, 2.75) is 6.92 Å². The van der Waals surface area contributed by atoms with Gasteiger partial charge in [0, 0.05) is 16.5 Å². The summed E-state index contributed by atoms with van der Waals surface area (Å²) >= 11 is 1.59. The topological polar surface area (TPSA) is 62.7 Å². The minimum absolute atomic E-state index is 0.475. The zero-order valence-electron chi connectivity index (χ0n) is 10.1. The van der Waals surface area contributed by atoms with Crippen molar-refractivity contribution in [3.8, 4) is 28.9 Å². The van der Waals surface area contributed by atoms with Crippen LogP contribution in [-0.2, 0) is 0 Å². The lowest BCUT2D eigenvalue weighted by molar-refractivity contribution is 0.432. The second kappa shape index (κ2) is 4.67. The predicted octanol–water partition coefficient (Wildman–Crippen LogP) is 3.65. The van der Waals surface area contributed by atoms with Crippen LogP contribution in [-0.4, -0.2) is 10.1 Å². The van der Waals surface area contributed by atoms with Gasteiger partial charge in [-0.15, -0.1) is 0 Å². The summed E-state index contributed by atoms with van der Waals surface area (Å²) in [5, 5.41) is 16.8. The molecule has 3 aromatic rings. The molecule has 19 heavy (non-hydrogen) atoms. The van der Waals surface area contributed by atoms with Crippen LogP contribution in [0.1, 0.15) is 11.1 Å². The number of nitrogens with zero attached hydrogens (tertiary/aromatic N) is 3.